The van der Waals surface area contributed by atoms with Crippen molar-refractivity contribution in [3.63, 3.8) is 0 Å². The molecule has 11 heteroatoms. The van der Waals surface area contributed by atoms with Crippen molar-refractivity contribution in [2.45, 2.75) is 12.5 Å². The first kappa shape index (κ1) is 22.7. The molecule has 0 aromatic heterocycles. The minimum absolute atomic E-state index is 0.0708. The Bertz CT molecular complexity index is 1210. The van der Waals surface area contributed by atoms with Gasteiger partial charge in [-0.3, -0.25) is 22.9 Å². The highest BCUT2D eigenvalue weighted by Crippen LogP contribution is 2.30. The van der Waals surface area contributed by atoms with Crippen LogP contribution in [0, 0.1) is 0 Å². The molecule has 0 saturated heterocycles. The molecule has 0 fully saturated rings. The molecule has 9 nitrogen and oxygen atoms in total. The van der Waals surface area contributed by atoms with Crippen LogP contribution >= 0.6 is 0 Å². The van der Waals surface area contributed by atoms with Crippen LogP contribution in [0.15, 0.2) is 66.7 Å². The highest BCUT2D eigenvalue weighted by Gasteiger charge is 2.31. The Kier molecular flexibility index (Phi) is 6.91. The molecule has 0 aliphatic rings. The van der Waals surface area contributed by atoms with Gasteiger partial charge >= 0.3 is 10.3 Å². The average molecular weight is 464 g/mol. The number of anilines is 2. The van der Waals surface area contributed by atoms with Crippen molar-refractivity contribution in [3.8, 4) is 0 Å². The molecule has 0 aliphatic carbocycles. The van der Waals surface area contributed by atoms with Crippen LogP contribution in [0.3, 0.4) is 0 Å². The normalized spacial score (nSPS) is 13.4. The van der Waals surface area contributed by atoms with Crippen molar-refractivity contribution in [2.75, 3.05) is 16.1 Å². The molecule has 3 aromatic rings. The van der Waals surface area contributed by atoms with E-state index >= 15 is 0 Å². The topological polar surface area (TPSA) is 136 Å². The van der Waals surface area contributed by atoms with E-state index in [2.05, 4.69) is 5.32 Å². The second kappa shape index (κ2) is 9.43. The summed E-state index contributed by atoms with van der Waals surface area (Å²) in [6, 6.07) is 17.6. The fraction of sp³-hybridized carbons (Fsp3) is 0.150. The molecule has 0 spiro atoms. The summed E-state index contributed by atoms with van der Waals surface area (Å²) in [6.45, 7) is 0. The van der Waals surface area contributed by atoms with Gasteiger partial charge in [0.25, 0.3) is 11.3 Å². The second-order valence-electron chi connectivity index (χ2n) is 6.66. The van der Waals surface area contributed by atoms with Crippen LogP contribution < -0.4 is 14.3 Å². The highest BCUT2D eigenvalue weighted by molar-refractivity contribution is 7.87. The van der Waals surface area contributed by atoms with E-state index in [0.717, 1.165) is 9.69 Å². The fourth-order valence-corrected chi connectivity index (χ4v) is 4.44. The molecule has 3 aromatic carbocycles. The Labute approximate surface area is 182 Å². The molecular weight excluding hydrogens is 442 g/mol. The number of nitrogens with zero attached hydrogens (tertiary/aromatic N) is 1. The number of carbonyl (C=O) groups is 1. The molecule has 3 rings (SSSR count). The number of likely N-dealkylation sites (N-methyl/N-ethyl adjacent to an activating group) is 1. The van der Waals surface area contributed by atoms with Crippen molar-refractivity contribution in [1.29, 1.82) is 0 Å². The van der Waals surface area contributed by atoms with Crippen LogP contribution in [-0.2, 0) is 32.8 Å². The zero-order valence-electron chi connectivity index (χ0n) is 16.4. The van der Waals surface area contributed by atoms with E-state index in [1.54, 1.807) is 36.4 Å². The zero-order chi connectivity index (χ0) is 22.6. The molecule has 0 aliphatic heterocycles. The zero-order valence-corrected chi connectivity index (χ0v) is 18.1. The lowest BCUT2D eigenvalue weighted by Gasteiger charge is -2.29. The maximum absolute atomic E-state index is 12.7. The molecule has 1 amide bonds. The van der Waals surface area contributed by atoms with Crippen LogP contribution in [0.1, 0.15) is 5.56 Å². The summed E-state index contributed by atoms with van der Waals surface area (Å²) in [5, 5.41) is 4.10. The van der Waals surface area contributed by atoms with Crippen LogP contribution in [0.2, 0.25) is 0 Å². The quantitative estimate of drug-likeness (QED) is 0.299. The Hall–Kier alpha value is -2.99. The van der Waals surface area contributed by atoms with Gasteiger partial charge in [-0.15, -0.1) is 0 Å². The average Bonchev–Trinajstić information content (AvgIpc) is 2.73. The second-order valence-corrected chi connectivity index (χ2v) is 8.67. The Morgan fingerprint density at radius 1 is 1.06 bits per heavy atom. The van der Waals surface area contributed by atoms with Crippen molar-refractivity contribution >= 4 is 49.6 Å². The van der Waals surface area contributed by atoms with E-state index in [-0.39, 0.29) is 12.1 Å². The van der Waals surface area contributed by atoms with Gasteiger partial charge in [0, 0.05) is 18.9 Å². The largest absolute Gasteiger partial charge is 0.357 e. The standard InChI is InChI=1S/C20H21N3O6S2/c1-21-20(24)19(13-14-9-11-16(12-10-14)22-31(27,28)29)23(30(25)26)18-8-4-6-15-5-2-3-7-17(15)18/h2-12,19,22H,13H2,1H3,(H,21,24)(H,25,26)(H,27,28,29). The van der Waals surface area contributed by atoms with E-state index in [9.17, 15) is 22.0 Å². The van der Waals surface area contributed by atoms with Gasteiger partial charge in [-0.1, -0.05) is 48.5 Å². The number of carbonyl (C=O) groups excluding carboxylic acids is 1. The summed E-state index contributed by atoms with van der Waals surface area (Å²) in [7, 11) is -2.97. The summed E-state index contributed by atoms with van der Waals surface area (Å²) in [6.07, 6.45) is 0.0708. The number of fused-ring (bicyclic) bond motifs is 1. The molecule has 4 N–H and O–H groups in total. The van der Waals surface area contributed by atoms with Gasteiger partial charge in [0.1, 0.15) is 6.04 Å². The predicted octanol–water partition coefficient (Wildman–Crippen LogP) is 2.35. The summed E-state index contributed by atoms with van der Waals surface area (Å²) >= 11 is -2.51. The minimum atomic E-state index is -4.41. The monoisotopic (exact) mass is 463 g/mol. The molecular formula is C20H21N3O6S2. The molecule has 0 bridgehead atoms. The van der Waals surface area contributed by atoms with Gasteiger partial charge < -0.3 is 5.32 Å². The number of amides is 1. The molecule has 2 atom stereocenters. The Balaban J connectivity index is 2.00. The first-order chi connectivity index (χ1) is 14.7. The van der Waals surface area contributed by atoms with E-state index < -0.39 is 33.5 Å². The van der Waals surface area contributed by atoms with Gasteiger partial charge in [-0.05, 0) is 29.1 Å². The number of hydrogen-bond donors (Lipinski definition) is 4. The SMILES string of the molecule is CNC(=O)C(Cc1ccc(NS(=O)(=O)O)cc1)N(c1cccc2ccccc12)S(=O)O. The number of nitrogens with one attached hydrogen (secondary N) is 2. The van der Waals surface area contributed by atoms with Crippen molar-refractivity contribution in [2.24, 2.45) is 0 Å². The lowest BCUT2D eigenvalue weighted by molar-refractivity contribution is -0.121. The lowest BCUT2D eigenvalue weighted by Crippen LogP contribution is -2.48. The first-order valence-corrected chi connectivity index (χ1v) is 11.6. The van der Waals surface area contributed by atoms with Crippen LogP contribution in [0.25, 0.3) is 10.8 Å². The van der Waals surface area contributed by atoms with Gasteiger partial charge in [0.15, 0.2) is 0 Å². The van der Waals surface area contributed by atoms with E-state index in [0.29, 0.717) is 16.6 Å². The number of rotatable bonds is 8. The summed E-state index contributed by atoms with van der Waals surface area (Å²) in [4.78, 5) is 12.7. The van der Waals surface area contributed by atoms with Crippen LogP contribution in [0.4, 0.5) is 11.4 Å². The summed E-state index contributed by atoms with van der Waals surface area (Å²) in [5.41, 5.74) is 1.18. The van der Waals surface area contributed by atoms with Gasteiger partial charge in [0.2, 0.25) is 5.91 Å². The fourth-order valence-electron chi connectivity index (χ4n) is 3.29. The minimum Gasteiger partial charge on any atom is -0.357 e. The van der Waals surface area contributed by atoms with Gasteiger partial charge in [-0.25, -0.2) is 4.21 Å². The molecule has 2 unspecified atom stereocenters. The van der Waals surface area contributed by atoms with Gasteiger partial charge in [0.05, 0.1) is 11.4 Å². The maximum Gasteiger partial charge on any atom is 0.357 e. The molecule has 164 valence electrons. The van der Waals surface area contributed by atoms with Crippen molar-refractivity contribution in [1.82, 2.24) is 5.32 Å². The van der Waals surface area contributed by atoms with Gasteiger partial charge in [-0.2, -0.15) is 8.42 Å². The Morgan fingerprint density at radius 3 is 2.32 bits per heavy atom. The van der Waals surface area contributed by atoms with Crippen LogP contribution in [0.5, 0.6) is 0 Å². The number of benzene rings is 3. The van der Waals surface area contributed by atoms with E-state index in [4.69, 9.17) is 4.55 Å². The van der Waals surface area contributed by atoms with Crippen molar-refractivity contribution < 1.29 is 26.5 Å². The Morgan fingerprint density at radius 2 is 1.71 bits per heavy atom. The highest BCUT2D eigenvalue weighted by atomic mass is 32.2. The third-order valence-electron chi connectivity index (χ3n) is 4.63. The summed E-state index contributed by atoms with van der Waals surface area (Å²) < 4.78 is 56.3. The molecule has 0 radical (unpaired) electrons. The van der Waals surface area contributed by atoms with Crippen molar-refractivity contribution in [3.05, 3.63) is 72.3 Å². The van der Waals surface area contributed by atoms with E-state index in [1.807, 2.05) is 22.9 Å². The smallest absolute Gasteiger partial charge is 0.357 e. The van der Waals surface area contributed by atoms with E-state index in [1.165, 1.54) is 19.2 Å². The number of hydrogen-bond acceptors (Lipinski definition) is 4. The maximum atomic E-state index is 12.7. The van der Waals surface area contributed by atoms with Crippen LogP contribution in [-0.4, -0.2) is 40.7 Å². The molecule has 31 heavy (non-hydrogen) atoms. The summed E-state index contributed by atoms with van der Waals surface area (Å²) in [5.74, 6) is -0.463. The third kappa shape index (κ3) is 5.58. The molecule has 0 heterocycles. The lowest BCUT2D eigenvalue weighted by atomic mass is 10.0. The molecule has 0 saturated carbocycles. The predicted molar refractivity (Wildman–Crippen MR) is 120 cm³/mol. The third-order valence-corrected chi connectivity index (χ3v) is 5.92. The first-order valence-electron chi connectivity index (χ1n) is 9.13.